The fourth-order valence-corrected chi connectivity index (χ4v) is 8.73. The van der Waals surface area contributed by atoms with Crippen molar-refractivity contribution in [1.82, 2.24) is 0 Å². The molecule has 0 heterocycles. The third kappa shape index (κ3) is 2.97. The molecule has 1 saturated carbocycles. The molecule has 2 unspecified atom stereocenters. The van der Waals surface area contributed by atoms with Gasteiger partial charge in [0.15, 0.2) is 0 Å². The second-order valence-corrected chi connectivity index (χ2v) is 9.05. The molecule has 1 radical (unpaired) electrons. The standard InChI is InChI=1S/C24H44O4.Cu/c1-9-20(10-2)17-21(11-3,18(25)26)24(16-8,19(27)28)23(14-6,15-7)22(20,12-4)13-5;/h9-17H2,1-8H3,(H,25,26)(H,27,28);. The van der Waals surface area contributed by atoms with Crippen molar-refractivity contribution in [3.8, 4) is 0 Å². The first-order valence-electron chi connectivity index (χ1n) is 11.5. The van der Waals surface area contributed by atoms with E-state index in [4.69, 9.17) is 0 Å². The summed E-state index contributed by atoms with van der Waals surface area (Å²) in [4.78, 5) is 26.1. The van der Waals surface area contributed by atoms with Gasteiger partial charge >= 0.3 is 11.9 Å². The molecule has 29 heavy (non-hydrogen) atoms. The molecule has 0 aromatic carbocycles. The molecule has 0 aliphatic heterocycles. The number of carbonyl (C=O) groups is 2. The van der Waals surface area contributed by atoms with Crippen molar-refractivity contribution in [2.45, 2.75) is 113 Å². The minimum absolute atomic E-state index is 0. The van der Waals surface area contributed by atoms with E-state index < -0.39 is 28.2 Å². The number of hydrogen-bond acceptors (Lipinski definition) is 2. The van der Waals surface area contributed by atoms with Crippen molar-refractivity contribution in [3.63, 3.8) is 0 Å². The van der Waals surface area contributed by atoms with Gasteiger partial charge < -0.3 is 10.2 Å². The molecule has 0 saturated heterocycles. The van der Waals surface area contributed by atoms with Crippen molar-refractivity contribution in [1.29, 1.82) is 0 Å². The Morgan fingerprint density at radius 1 is 0.621 bits per heavy atom. The van der Waals surface area contributed by atoms with Gasteiger partial charge in [-0.15, -0.1) is 0 Å². The van der Waals surface area contributed by atoms with Crippen LogP contribution in [0.3, 0.4) is 0 Å². The Morgan fingerprint density at radius 2 is 1.03 bits per heavy atom. The van der Waals surface area contributed by atoms with Crippen LogP contribution in [0.4, 0.5) is 0 Å². The molecule has 5 heteroatoms. The molecular formula is C24H44CuO4. The van der Waals surface area contributed by atoms with Crippen molar-refractivity contribution in [3.05, 3.63) is 0 Å². The Hall–Kier alpha value is -0.541. The Kier molecular flexibility index (Phi) is 9.54. The molecule has 0 bridgehead atoms. The van der Waals surface area contributed by atoms with Gasteiger partial charge in [0.2, 0.25) is 0 Å². The summed E-state index contributed by atoms with van der Waals surface area (Å²) >= 11 is 0. The minimum Gasteiger partial charge on any atom is -0.481 e. The maximum atomic E-state index is 13.2. The maximum Gasteiger partial charge on any atom is 0.311 e. The third-order valence-corrected chi connectivity index (χ3v) is 9.88. The van der Waals surface area contributed by atoms with Crippen LogP contribution in [0.5, 0.6) is 0 Å². The van der Waals surface area contributed by atoms with Crippen LogP contribution in [0, 0.1) is 27.1 Å². The topological polar surface area (TPSA) is 74.6 Å². The van der Waals surface area contributed by atoms with Gasteiger partial charge in [-0.1, -0.05) is 55.4 Å². The van der Waals surface area contributed by atoms with Gasteiger partial charge in [-0.3, -0.25) is 9.59 Å². The fourth-order valence-electron chi connectivity index (χ4n) is 8.73. The van der Waals surface area contributed by atoms with Crippen molar-refractivity contribution in [2.75, 3.05) is 0 Å². The van der Waals surface area contributed by atoms with Gasteiger partial charge in [-0.25, -0.2) is 0 Å². The van der Waals surface area contributed by atoms with E-state index >= 15 is 0 Å². The molecule has 0 aromatic heterocycles. The average molecular weight is 460 g/mol. The number of carboxylic acid groups (broad SMARTS) is 2. The predicted octanol–water partition coefficient (Wildman–Crippen LogP) is 6.77. The first kappa shape index (κ1) is 28.5. The van der Waals surface area contributed by atoms with E-state index in [1.54, 1.807) is 0 Å². The Labute approximate surface area is 189 Å². The molecule has 0 spiro atoms. The smallest absolute Gasteiger partial charge is 0.311 e. The SMILES string of the molecule is CCC1(CC)CC(CC)(C(=O)O)C(CC)(C(=O)O)C(CC)(CC)C1(CC)CC.[Cu]. The first-order valence-corrected chi connectivity index (χ1v) is 11.5. The van der Waals surface area contributed by atoms with E-state index in [0.29, 0.717) is 32.1 Å². The second kappa shape index (κ2) is 9.73. The number of carboxylic acids is 2. The predicted molar refractivity (Wildman–Crippen MR) is 114 cm³/mol. The van der Waals surface area contributed by atoms with E-state index in [1.165, 1.54) is 0 Å². The van der Waals surface area contributed by atoms with E-state index in [1.807, 2.05) is 13.8 Å². The van der Waals surface area contributed by atoms with Gasteiger partial charge in [0.05, 0.1) is 10.8 Å². The quantitative estimate of drug-likeness (QED) is 0.353. The Balaban J connectivity index is 0.00000784. The van der Waals surface area contributed by atoms with Crippen LogP contribution < -0.4 is 0 Å². The second-order valence-electron chi connectivity index (χ2n) is 9.05. The molecule has 1 rings (SSSR count). The molecule has 2 atom stereocenters. The van der Waals surface area contributed by atoms with Gasteiger partial charge in [0, 0.05) is 17.1 Å². The van der Waals surface area contributed by atoms with Gasteiger partial charge in [0.25, 0.3) is 0 Å². The summed E-state index contributed by atoms with van der Waals surface area (Å²) in [5.41, 5.74) is -3.47. The van der Waals surface area contributed by atoms with Crippen molar-refractivity contribution >= 4 is 11.9 Å². The summed E-state index contributed by atoms with van der Waals surface area (Å²) in [6.07, 6.45) is 6.13. The molecule has 1 aliphatic carbocycles. The average Bonchev–Trinajstić information content (AvgIpc) is 2.70. The molecule has 175 valence electrons. The first-order chi connectivity index (χ1) is 13.1. The van der Waals surface area contributed by atoms with Gasteiger partial charge in [-0.2, -0.15) is 0 Å². The van der Waals surface area contributed by atoms with Crippen LogP contribution in [0.15, 0.2) is 0 Å². The molecule has 4 nitrogen and oxygen atoms in total. The van der Waals surface area contributed by atoms with Gasteiger partial charge in [0.1, 0.15) is 0 Å². The van der Waals surface area contributed by atoms with Crippen LogP contribution in [-0.2, 0) is 26.7 Å². The van der Waals surface area contributed by atoms with Crippen molar-refractivity contribution < 1.29 is 36.9 Å². The summed E-state index contributed by atoms with van der Waals surface area (Å²) in [6.45, 7) is 16.8. The zero-order valence-electron chi connectivity index (χ0n) is 19.9. The normalized spacial score (nSPS) is 29.7. The Morgan fingerprint density at radius 3 is 1.24 bits per heavy atom. The van der Waals surface area contributed by atoms with Crippen LogP contribution in [-0.4, -0.2) is 22.2 Å². The van der Waals surface area contributed by atoms with E-state index in [-0.39, 0.29) is 27.9 Å². The van der Waals surface area contributed by atoms with Crippen LogP contribution >= 0.6 is 0 Å². The summed E-state index contributed by atoms with van der Waals surface area (Å²) < 4.78 is 0. The van der Waals surface area contributed by atoms with E-state index in [2.05, 4.69) is 41.5 Å². The summed E-state index contributed by atoms with van der Waals surface area (Å²) in [5, 5.41) is 21.4. The zero-order valence-corrected chi connectivity index (χ0v) is 20.8. The molecule has 2 N–H and O–H groups in total. The largest absolute Gasteiger partial charge is 0.481 e. The molecular weight excluding hydrogens is 416 g/mol. The van der Waals surface area contributed by atoms with E-state index in [9.17, 15) is 19.8 Å². The zero-order chi connectivity index (χ0) is 22.0. The van der Waals surface area contributed by atoms with Crippen LogP contribution in [0.25, 0.3) is 0 Å². The molecule has 1 fully saturated rings. The maximum absolute atomic E-state index is 13.2. The van der Waals surface area contributed by atoms with Gasteiger partial charge in [-0.05, 0) is 74.0 Å². The molecule has 1 aliphatic rings. The van der Waals surface area contributed by atoms with Crippen LogP contribution in [0.1, 0.15) is 113 Å². The van der Waals surface area contributed by atoms with E-state index in [0.717, 1.165) is 25.7 Å². The number of aliphatic carboxylic acids is 2. The van der Waals surface area contributed by atoms with Crippen LogP contribution in [0.2, 0.25) is 0 Å². The summed E-state index contributed by atoms with van der Waals surface area (Å²) in [7, 11) is 0. The third-order valence-electron chi connectivity index (χ3n) is 9.88. The monoisotopic (exact) mass is 459 g/mol. The minimum atomic E-state index is -1.27. The Bertz CT molecular complexity index is 575. The number of hydrogen-bond donors (Lipinski definition) is 2. The fraction of sp³-hybridized carbons (Fsp3) is 0.917. The summed E-state index contributed by atoms with van der Waals surface area (Å²) in [5.74, 6) is -1.83. The summed E-state index contributed by atoms with van der Waals surface area (Å²) in [6, 6.07) is 0. The molecule has 0 aromatic rings. The van der Waals surface area contributed by atoms with Crippen molar-refractivity contribution in [2.24, 2.45) is 27.1 Å². The number of rotatable bonds is 10. The molecule has 0 amide bonds.